The van der Waals surface area contributed by atoms with E-state index in [0.717, 1.165) is 0 Å². The zero-order valence-electron chi connectivity index (χ0n) is 11.7. The molecule has 1 aliphatic heterocycles. The van der Waals surface area contributed by atoms with Crippen LogP contribution >= 0.6 is 0 Å². The van der Waals surface area contributed by atoms with Crippen LogP contribution in [0.4, 0.5) is 0 Å². The van der Waals surface area contributed by atoms with Crippen LogP contribution in [0.15, 0.2) is 0 Å². The fraction of sp³-hybridized carbons (Fsp3) is 1.00. The largest absolute Gasteiger partial charge is 0.394 e. The third-order valence-electron chi connectivity index (χ3n) is 3.42. The summed E-state index contributed by atoms with van der Waals surface area (Å²) in [5, 5.41) is 8.06. The predicted octanol–water partition coefficient (Wildman–Crippen LogP) is 2.43. The van der Waals surface area contributed by atoms with Crippen molar-refractivity contribution in [1.29, 1.82) is 0 Å². The molecule has 0 spiro atoms. The predicted molar refractivity (Wildman–Crippen MR) is 71.2 cm³/mol. The van der Waals surface area contributed by atoms with Gasteiger partial charge in [-0.15, -0.1) is 0 Å². The van der Waals surface area contributed by atoms with Crippen molar-refractivity contribution in [2.75, 3.05) is 19.6 Å². The van der Waals surface area contributed by atoms with Crippen LogP contribution in [0.3, 0.4) is 0 Å². The van der Waals surface area contributed by atoms with Gasteiger partial charge in [0, 0.05) is 19.2 Å². The third-order valence-corrected chi connectivity index (χ3v) is 3.42. The topological polar surface area (TPSA) is 32.7 Å². The molecule has 0 atom stereocenters. The maximum atomic E-state index is 8.06. The lowest BCUT2D eigenvalue weighted by Crippen LogP contribution is -2.39. The van der Waals surface area contributed by atoms with E-state index in [-0.39, 0.29) is 6.10 Å². The van der Waals surface area contributed by atoms with E-state index in [1.54, 1.807) is 13.8 Å². The van der Waals surface area contributed by atoms with Crippen molar-refractivity contribution in [3.63, 3.8) is 0 Å². The van der Waals surface area contributed by atoms with Crippen LogP contribution in [0, 0.1) is 0 Å². The summed E-state index contributed by atoms with van der Waals surface area (Å²) >= 11 is 0. The minimum atomic E-state index is -0.167. The van der Waals surface area contributed by atoms with Gasteiger partial charge in [-0.3, -0.25) is 0 Å². The van der Waals surface area contributed by atoms with Crippen molar-refractivity contribution in [3.05, 3.63) is 0 Å². The molecular formula is C14H29NO2. The van der Waals surface area contributed by atoms with Gasteiger partial charge in [0.25, 0.3) is 0 Å². The quantitative estimate of drug-likeness (QED) is 0.826. The molecule has 0 radical (unpaired) electrons. The van der Waals surface area contributed by atoms with Crippen LogP contribution in [0.2, 0.25) is 0 Å². The number of hydrogen-bond donors (Lipinski definition) is 1. The summed E-state index contributed by atoms with van der Waals surface area (Å²) in [5.41, 5.74) is 0. The molecule has 1 N–H and O–H groups in total. The zero-order valence-corrected chi connectivity index (χ0v) is 11.7. The zero-order chi connectivity index (χ0) is 12.7. The average molecular weight is 243 g/mol. The van der Waals surface area contributed by atoms with E-state index >= 15 is 0 Å². The number of nitrogens with zero attached hydrogens (tertiary/aromatic N) is 1. The Bertz CT molecular complexity index is 182. The highest BCUT2D eigenvalue weighted by Crippen LogP contribution is 2.26. The number of piperidine rings is 1. The molecule has 2 aliphatic rings. The van der Waals surface area contributed by atoms with Crippen LogP contribution in [-0.4, -0.2) is 48.0 Å². The summed E-state index contributed by atoms with van der Waals surface area (Å²) in [4.78, 5) is 2.51. The number of rotatable bonds is 3. The normalized spacial score (nSPS) is 23.1. The van der Waals surface area contributed by atoms with Crippen molar-refractivity contribution in [3.8, 4) is 0 Å². The van der Waals surface area contributed by atoms with Crippen molar-refractivity contribution in [2.24, 2.45) is 0 Å². The van der Waals surface area contributed by atoms with Gasteiger partial charge < -0.3 is 14.7 Å². The van der Waals surface area contributed by atoms with E-state index in [1.165, 1.54) is 51.7 Å². The second-order valence-corrected chi connectivity index (χ2v) is 5.42. The van der Waals surface area contributed by atoms with Crippen LogP contribution in [0.25, 0.3) is 0 Å². The maximum absolute atomic E-state index is 8.06. The molecule has 0 aromatic carbocycles. The smallest absolute Gasteiger partial charge is 0.0603 e. The highest BCUT2D eigenvalue weighted by molar-refractivity contribution is 4.76. The molecule has 0 aromatic heterocycles. The summed E-state index contributed by atoms with van der Waals surface area (Å²) in [6, 6.07) is 0. The molecule has 0 aromatic rings. The second-order valence-electron chi connectivity index (χ2n) is 5.42. The molecule has 1 saturated heterocycles. The molecule has 17 heavy (non-hydrogen) atoms. The van der Waals surface area contributed by atoms with Crippen LogP contribution < -0.4 is 0 Å². The third kappa shape index (κ3) is 6.39. The van der Waals surface area contributed by atoms with Crippen LogP contribution in [0.5, 0.6) is 0 Å². The highest BCUT2D eigenvalue weighted by Gasteiger charge is 2.25. The summed E-state index contributed by atoms with van der Waals surface area (Å²) in [7, 11) is 0. The molecular weight excluding hydrogens is 214 g/mol. The number of aliphatic hydroxyl groups is 1. The van der Waals surface area contributed by atoms with Gasteiger partial charge in [0.2, 0.25) is 0 Å². The van der Waals surface area contributed by atoms with Gasteiger partial charge in [0.15, 0.2) is 0 Å². The number of hydrogen-bond acceptors (Lipinski definition) is 3. The molecule has 1 saturated carbocycles. The Morgan fingerprint density at radius 2 is 1.59 bits per heavy atom. The van der Waals surface area contributed by atoms with Crippen molar-refractivity contribution in [1.82, 2.24) is 4.90 Å². The van der Waals surface area contributed by atoms with Gasteiger partial charge in [0.05, 0.1) is 12.2 Å². The Balaban J connectivity index is 0.000000317. The molecule has 2 rings (SSSR count). The average Bonchev–Trinajstić information content (AvgIpc) is 2.24. The van der Waals surface area contributed by atoms with Gasteiger partial charge in [-0.25, -0.2) is 0 Å². The SMILES string of the molecule is CC(C)O.CCN1CCC(OC2CCC2)CC1. The van der Waals surface area contributed by atoms with Gasteiger partial charge in [-0.05, 0) is 52.5 Å². The Hall–Kier alpha value is -0.120. The molecule has 3 nitrogen and oxygen atoms in total. The molecule has 0 amide bonds. The molecule has 102 valence electrons. The maximum Gasteiger partial charge on any atom is 0.0603 e. The van der Waals surface area contributed by atoms with E-state index in [4.69, 9.17) is 9.84 Å². The number of aliphatic hydroxyl groups excluding tert-OH is 1. The fourth-order valence-electron chi connectivity index (χ4n) is 2.14. The van der Waals surface area contributed by atoms with Crippen LogP contribution in [0.1, 0.15) is 52.9 Å². The Kier molecular flexibility index (Phi) is 7.09. The Labute approximate surface area is 106 Å². The van der Waals surface area contributed by atoms with Crippen molar-refractivity contribution >= 4 is 0 Å². The first-order valence-electron chi connectivity index (χ1n) is 7.17. The lowest BCUT2D eigenvalue weighted by Gasteiger charge is -2.35. The standard InChI is InChI=1S/C11H21NO.C3H8O/c1-2-12-8-6-11(7-9-12)13-10-4-3-5-10;1-3(2)4/h10-11H,2-9H2,1H3;3-4H,1-2H3. The molecule has 0 bridgehead atoms. The Morgan fingerprint density at radius 1 is 1.12 bits per heavy atom. The van der Waals surface area contributed by atoms with Gasteiger partial charge >= 0.3 is 0 Å². The second kappa shape index (κ2) is 8.06. The lowest BCUT2D eigenvalue weighted by molar-refractivity contribution is -0.0729. The molecule has 1 heterocycles. The van der Waals surface area contributed by atoms with E-state index < -0.39 is 0 Å². The van der Waals surface area contributed by atoms with E-state index in [2.05, 4.69) is 11.8 Å². The molecule has 3 heteroatoms. The number of likely N-dealkylation sites (tertiary alicyclic amines) is 1. The van der Waals surface area contributed by atoms with E-state index in [0.29, 0.717) is 12.2 Å². The Morgan fingerprint density at radius 3 is 1.94 bits per heavy atom. The molecule has 2 fully saturated rings. The van der Waals surface area contributed by atoms with Crippen LogP contribution in [-0.2, 0) is 4.74 Å². The van der Waals surface area contributed by atoms with Crippen molar-refractivity contribution in [2.45, 2.75) is 71.2 Å². The minimum absolute atomic E-state index is 0.167. The van der Waals surface area contributed by atoms with Crippen molar-refractivity contribution < 1.29 is 9.84 Å². The summed E-state index contributed by atoms with van der Waals surface area (Å²) in [6.45, 7) is 9.38. The van der Waals surface area contributed by atoms with Gasteiger partial charge in [0.1, 0.15) is 0 Å². The fourth-order valence-corrected chi connectivity index (χ4v) is 2.14. The first-order chi connectivity index (χ1) is 8.11. The summed E-state index contributed by atoms with van der Waals surface area (Å²) in [5.74, 6) is 0. The molecule has 0 unspecified atom stereocenters. The minimum Gasteiger partial charge on any atom is -0.394 e. The lowest BCUT2D eigenvalue weighted by atomic mass is 9.95. The highest BCUT2D eigenvalue weighted by atomic mass is 16.5. The van der Waals surface area contributed by atoms with Gasteiger partial charge in [-0.2, -0.15) is 0 Å². The number of ether oxygens (including phenoxy) is 1. The summed E-state index contributed by atoms with van der Waals surface area (Å²) in [6.07, 6.45) is 7.56. The molecule has 1 aliphatic carbocycles. The van der Waals surface area contributed by atoms with Gasteiger partial charge in [-0.1, -0.05) is 6.92 Å². The first kappa shape index (κ1) is 14.9. The monoisotopic (exact) mass is 243 g/mol. The van der Waals surface area contributed by atoms with E-state index in [9.17, 15) is 0 Å². The summed E-state index contributed by atoms with van der Waals surface area (Å²) < 4.78 is 5.99. The first-order valence-corrected chi connectivity index (χ1v) is 7.17. The van der Waals surface area contributed by atoms with E-state index in [1.807, 2.05) is 0 Å².